The Labute approximate surface area is 95.8 Å². The number of aromatic nitrogens is 1. The zero-order valence-corrected chi connectivity index (χ0v) is 10.1. The van der Waals surface area contributed by atoms with Crippen molar-refractivity contribution in [2.75, 3.05) is 19.6 Å². The molecule has 1 heterocycles. The molecule has 0 unspecified atom stereocenters. The van der Waals surface area contributed by atoms with Crippen molar-refractivity contribution in [3.8, 4) is 0 Å². The first-order valence-corrected chi connectivity index (χ1v) is 5.57. The summed E-state index contributed by atoms with van der Waals surface area (Å²) in [6.07, 6.45) is 0. The van der Waals surface area contributed by atoms with E-state index in [-0.39, 0.29) is 5.91 Å². The number of carbonyl (C=O) groups excluding carboxylic acids is 1. The second-order valence-electron chi connectivity index (χ2n) is 3.69. The summed E-state index contributed by atoms with van der Waals surface area (Å²) in [5, 5.41) is 6.59. The lowest BCUT2D eigenvalue weighted by Gasteiger charge is -2.17. The highest BCUT2D eigenvalue weighted by molar-refractivity contribution is 5.77. The summed E-state index contributed by atoms with van der Waals surface area (Å²) in [6.45, 7) is 8.29. The monoisotopic (exact) mass is 225 g/mol. The molecule has 0 spiro atoms. The summed E-state index contributed by atoms with van der Waals surface area (Å²) in [7, 11) is 0. The molecule has 0 saturated carbocycles. The number of amides is 1. The maximum atomic E-state index is 11.4. The van der Waals surface area contributed by atoms with Crippen LogP contribution in [0.25, 0.3) is 0 Å². The minimum atomic E-state index is 0.0422. The third kappa shape index (κ3) is 4.02. The normalized spacial score (nSPS) is 10.8. The van der Waals surface area contributed by atoms with E-state index < -0.39 is 0 Å². The Hall–Kier alpha value is -1.36. The van der Waals surface area contributed by atoms with Gasteiger partial charge < -0.3 is 9.84 Å². The smallest absolute Gasteiger partial charge is 0.234 e. The van der Waals surface area contributed by atoms with Gasteiger partial charge in [-0.2, -0.15) is 0 Å². The van der Waals surface area contributed by atoms with Crippen molar-refractivity contribution in [2.24, 2.45) is 0 Å². The molecule has 90 valence electrons. The topological polar surface area (TPSA) is 58.4 Å². The van der Waals surface area contributed by atoms with Crippen LogP contribution in [-0.4, -0.2) is 35.6 Å². The summed E-state index contributed by atoms with van der Waals surface area (Å²) >= 11 is 0. The molecule has 0 aliphatic heterocycles. The van der Waals surface area contributed by atoms with Crippen molar-refractivity contribution < 1.29 is 9.32 Å². The molecule has 1 aromatic rings. The van der Waals surface area contributed by atoms with Crippen LogP contribution in [0.15, 0.2) is 10.6 Å². The second-order valence-corrected chi connectivity index (χ2v) is 3.69. The molecule has 16 heavy (non-hydrogen) atoms. The van der Waals surface area contributed by atoms with Crippen LogP contribution in [0.4, 0.5) is 0 Å². The number of aryl methyl sites for hydroxylation is 1. The molecule has 0 aliphatic rings. The summed E-state index contributed by atoms with van der Waals surface area (Å²) in [6, 6.07) is 1.89. The Morgan fingerprint density at radius 1 is 1.56 bits per heavy atom. The quantitative estimate of drug-likeness (QED) is 0.782. The second kappa shape index (κ2) is 6.27. The van der Waals surface area contributed by atoms with Crippen LogP contribution >= 0.6 is 0 Å². The molecule has 5 heteroatoms. The van der Waals surface area contributed by atoms with E-state index in [1.807, 2.05) is 31.7 Å². The van der Waals surface area contributed by atoms with Gasteiger partial charge in [0, 0.05) is 12.6 Å². The molecule has 0 atom stereocenters. The zero-order chi connectivity index (χ0) is 12.0. The van der Waals surface area contributed by atoms with Crippen LogP contribution < -0.4 is 5.32 Å². The Morgan fingerprint density at radius 3 is 2.81 bits per heavy atom. The lowest BCUT2D eigenvalue weighted by atomic mass is 10.3. The van der Waals surface area contributed by atoms with E-state index in [4.69, 9.17) is 4.52 Å². The Balaban J connectivity index is 2.45. The number of rotatable bonds is 6. The molecule has 0 aromatic carbocycles. The molecule has 0 bridgehead atoms. The summed E-state index contributed by atoms with van der Waals surface area (Å²) < 4.78 is 5.11. The molecule has 0 fully saturated rings. The van der Waals surface area contributed by atoms with Gasteiger partial charge in [0.05, 0.1) is 18.8 Å². The highest BCUT2D eigenvalue weighted by Gasteiger charge is 2.11. The first kappa shape index (κ1) is 12.7. The van der Waals surface area contributed by atoms with Crippen molar-refractivity contribution in [1.29, 1.82) is 0 Å². The van der Waals surface area contributed by atoms with Crippen molar-refractivity contribution in [1.82, 2.24) is 15.4 Å². The van der Waals surface area contributed by atoms with E-state index in [1.54, 1.807) is 0 Å². The molecule has 1 N–H and O–H groups in total. The lowest BCUT2D eigenvalue weighted by Crippen LogP contribution is -2.36. The fourth-order valence-electron chi connectivity index (χ4n) is 1.45. The molecule has 0 saturated heterocycles. The predicted molar refractivity (Wildman–Crippen MR) is 60.9 cm³/mol. The minimum Gasteiger partial charge on any atom is -0.360 e. The fourth-order valence-corrected chi connectivity index (χ4v) is 1.45. The van der Waals surface area contributed by atoms with Crippen molar-refractivity contribution in [3.05, 3.63) is 17.5 Å². The molecular weight excluding hydrogens is 206 g/mol. The van der Waals surface area contributed by atoms with E-state index >= 15 is 0 Å². The van der Waals surface area contributed by atoms with E-state index in [0.717, 1.165) is 18.0 Å². The van der Waals surface area contributed by atoms with Gasteiger partial charge in [-0.05, 0) is 20.4 Å². The Bertz CT molecular complexity index is 336. The molecular formula is C11H19N3O2. The summed E-state index contributed by atoms with van der Waals surface area (Å²) in [4.78, 5) is 13.4. The number of nitrogens with zero attached hydrogens (tertiary/aromatic N) is 2. The molecule has 1 aromatic heterocycles. The third-order valence-electron chi connectivity index (χ3n) is 2.24. The molecule has 0 aliphatic carbocycles. The predicted octanol–water partition coefficient (Wildman–Crippen LogP) is 0.941. The SMILES string of the molecule is CCNC(=O)CN(CC)Cc1cc(C)no1. The molecule has 1 amide bonds. The number of hydrogen-bond donors (Lipinski definition) is 1. The molecule has 0 radical (unpaired) electrons. The van der Waals surface area contributed by atoms with Crippen molar-refractivity contribution in [2.45, 2.75) is 27.3 Å². The van der Waals surface area contributed by atoms with Gasteiger partial charge in [-0.1, -0.05) is 12.1 Å². The van der Waals surface area contributed by atoms with Crippen LogP contribution in [0, 0.1) is 6.92 Å². The standard InChI is InChI=1S/C11H19N3O2/c1-4-12-11(15)8-14(5-2)7-10-6-9(3)13-16-10/h6H,4-5,7-8H2,1-3H3,(H,12,15). The van der Waals surface area contributed by atoms with Gasteiger partial charge in [-0.25, -0.2) is 0 Å². The largest absolute Gasteiger partial charge is 0.360 e. The lowest BCUT2D eigenvalue weighted by molar-refractivity contribution is -0.122. The van der Waals surface area contributed by atoms with Gasteiger partial charge in [0.1, 0.15) is 0 Å². The first-order chi connectivity index (χ1) is 7.65. The van der Waals surface area contributed by atoms with Crippen LogP contribution in [-0.2, 0) is 11.3 Å². The van der Waals surface area contributed by atoms with Crippen molar-refractivity contribution in [3.63, 3.8) is 0 Å². The maximum Gasteiger partial charge on any atom is 0.234 e. The summed E-state index contributed by atoms with van der Waals surface area (Å²) in [5.41, 5.74) is 0.865. The Morgan fingerprint density at radius 2 is 2.31 bits per heavy atom. The first-order valence-electron chi connectivity index (χ1n) is 5.57. The van der Waals surface area contributed by atoms with Gasteiger partial charge in [-0.3, -0.25) is 9.69 Å². The number of nitrogens with one attached hydrogen (secondary N) is 1. The molecule has 1 rings (SSSR count). The average molecular weight is 225 g/mol. The van der Waals surface area contributed by atoms with Gasteiger partial charge >= 0.3 is 0 Å². The fraction of sp³-hybridized carbons (Fsp3) is 0.636. The number of hydrogen-bond acceptors (Lipinski definition) is 4. The van der Waals surface area contributed by atoms with E-state index in [1.165, 1.54) is 0 Å². The summed E-state index contributed by atoms with van der Waals surface area (Å²) in [5.74, 6) is 0.837. The van der Waals surface area contributed by atoms with E-state index in [9.17, 15) is 4.79 Å². The average Bonchev–Trinajstić information content (AvgIpc) is 2.63. The van der Waals surface area contributed by atoms with Gasteiger partial charge in [0.15, 0.2) is 5.76 Å². The van der Waals surface area contributed by atoms with Crippen LogP contribution in [0.2, 0.25) is 0 Å². The van der Waals surface area contributed by atoms with Gasteiger partial charge in [0.25, 0.3) is 0 Å². The van der Waals surface area contributed by atoms with Crippen LogP contribution in [0.3, 0.4) is 0 Å². The highest BCUT2D eigenvalue weighted by Crippen LogP contribution is 2.05. The maximum absolute atomic E-state index is 11.4. The molecule has 5 nitrogen and oxygen atoms in total. The van der Waals surface area contributed by atoms with Gasteiger partial charge in [0.2, 0.25) is 5.91 Å². The number of carbonyl (C=O) groups is 1. The van der Waals surface area contributed by atoms with Crippen LogP contribution in [0.1, 0.15) is 25.3 Å². The van der Waals surface area contributed by atoms with E-state index in [2.05, 4.69) is 10.5 Å². The van der Waals surface area contributed by atoms with Gasteiger partial charge in [-0.15, -0.1) is 0 Å². The third-order valence-corrected chi connectivity index (χ3v) is 2.24. The van der Waals surface area contributed by atoms with Crippen LogP contribution in [0.5, 0.6) is 0 Å². The number of likely N-dealkylation sites (N-methyl/N-ethyl adjacent to an activating group) is 2. The highest BCUT2D eigenvalue weighted by atomic mass is 16.5. The van der Waals surface area contributed by atoms with E-state index in [0.29, 0.717) is 19.6 Å². The minimum absolute atomic E-state index is 0.0422. The zero-order valence-electron chi connectivity index (χ0n) is 10.1. The van der Waals surface area contributed by atoms with Crippen molar-refractivity contribution >= 4 is 5.91 Å². The Kier molecular flexibility index (Phi) is 4.98.